The van der Waals surface area contributed by atoms with E-state index in [-0.39, 0.29) is 17.6 Å². The fourth-order valence-corrected chi connectivity index (χ4v) is 4.43. The normalized spacial score (nSPS) is 16.4. The fourth-order valence-electron chi connectivity index (χ4n) is 4.43. The van der Waals surface area contributed by atoms with E-state index in [0.717, 1.165) is 35.4 Å². The van der Waals surface area contributed by atoms with Crippen LogP contribution in [-0.2, 0) is 24.3 Å². The number of aryl methyl sites for hydroxylation is 2. The number of nitrogens with zero attached hydrogens (tertiary/aromatic N) is 3. The summed E-state index contributed by atoms with van der Waals surface area (Å²) in [4.78, 5) is 19.5. The fraction of sp³-hybridized carbons (Fsp3) is 0.231. The number of hydrogen-bond acceptors (Lipinski definition) is 2. The number of para-hydroxylation sites is 2. The molecule has 4 aromatic rings. The van der Waals surface area contributed by atoms with Crippen molar-refractivity contribution in [2.24, 2.45) is 0 Å². The number of amides is 1. The summed E-state index contributed by atoms with van der Waals surface area (Å²) in [5, 5.41) is 0. The van der Waals surface area contributed by atoms with Gasteiger partial charge in [0.1, 0.15) is 11.6 Å². The molecule has 0 saturated carbocycles. The third-order valence-corrected chi connectivity index (χ3v) is 6.02. The molecule has 5 rings (SSSR count). The average molecular weight is 413 g/mol. The number of halogens is 1. The molecule has 3 aromatic carbocycles. The average Bonchev–Trinajstić information content (AvgIpc) is 3.35. The Morgan fingerprint density at radius 1 is 0.903 bits per heavy atom. The van der Waals surface area contributed by atoms with Gasteiger partial charge in [0.2, 0.25) is 5.91 Å². The molecule has 156 valence electrons. The summed E-state index contributed by atoms with van der Waals surface area (Å²) >= 11 is 0. The van der Waals surface area contributed by atoms with Crippen LogP contribution in [0.1, 0.15) is 29.3 Å². The van der Waals surface area contributed by atoms with Gasteiger partial charge >= 0.3 is 0 Å². The molecule has 1 aliphatic rings. The van der Waals surface area contributed by atoms with Gasteiger partial charge in [-0.3, -0.25) is 4.79 Å². The minimum atomic E-state index is -0.262. The summed E-state index contributed by atoms with van der Waals surface area (Å²) < 4.78 is 15.5. The number of likely N-dealkylation sites (tertiary alicyclic amines) is 1. The van der Waals surface area contributed by atoms with Crippen molar-refractivity contribution in [1.82, 2.24) is 14.5 Å². The summed E-state index contributed by atoms with van der Waals surface area (Å²) in [5.41, 5.74) is 4.30. The highest BCUT2D eigenvalue weighted by Gasteiger charge is 2.33. The van der Waals surface area contributed by atoms with Gasteiger partial charge in [0.15, 0.2) is 0 Å². The van der Waals surface area contributed by atoms with Gasteiger partial charge in [-0.15, -0.1) is 0 Å². The smallest absolute Gasteiger partial charge is 0.223 e. The number of hydrogen-bond donors (Lipinski definition) is 0. The molecule has 0 aliphatic carbocycles. The molecule has 0 spiro atoms. The van der Waals surface area contributed by atoms with Gasteiger partial charge in [0.05, 0.1) is 11.0 Å². The molecule has 31 heavy (non-hydrogen) atoms. The predicted molar refractivity (Wildman–Crippen MR) is 119 cm³/mol. The van der Waals surface area contributed by atoms with Crippen molar-refractivity contribution in [1.29, 1.82) is 0 Å². The first-order chi connectivity index (χ1) is 15.2. The maximum Gasteiger partial charge on any atom is 0.223 e. The molecule has 1 saturated heterocycles. The quantitative estimate of drug-likeness (QED) is 0.449. The van der Waals surface area contributed by atoms with Crippen molar-refractivity contribution < 1.29 is 9.18 Å². The second kappa shape index (κ2) is 8.34. The van der Waals surface area contributed by atoms with Gasteiger partial charge in [-0.05, 0) is 41.8 Å². The Balaban J connectivity index is 1.40. The van der Waals surface area contributed by atoms with Gasteiger partial charge in [-0.2, -0.15) is 0 Å². The van der Waals surface area contributed by atoms with Crippen molar-refractivity contribution in [3.05, 3.63) is 102 Å². The molecule has 1 atom stereocenters. The number of carbonyl (C=O) groups excluding carboxylic acids is 1. The Labute approximate surface area is 181 Å². The van der Waals surface area contributed by atoms with Crippen molar-refractivity contribution in [2.45, 2.75) is 31.8 Å². The first-order valence-electron chi connectivity index (χ1n) is 10.7. The topological polar surface area (TPSA) is 38.1 Å². The molecular weight excluding hydrogens is 389 g/mol. The SMILES string of the molecule is O=C1CC(c2nc3ccccc3n2CCc2ccccc2)CN1Cc1ccc(F)cc1. The van der Waals surface area contributed by atoms with E-state index >= 15 is 0 Å². The highest BCUT2D eigenvalue weighted by atomic mass is 19.1. The zero-order chi connectivity index (χ0) is 21.2. The molecule has 1 fully saturated rings. The number of fused-ring (bicyclic) bond motifs is 1. The predicted octanol–water partition coefficient (Wildman–Crippen LogP) is 4.93. The van der Waals surface area contributed by atoms with E-state index < -0.39 is 0 Å². The lowest BCUT2D eigenvalue weighted by Gasteiger charge is -2.17. The number of imidazole rings is 1. The number of aromatic nitrogens is 2. The third kappa shape index (κ3) is 4.08. The lowest BCUT2D eigenvalue weighted by molar-refractivity contribution is -0.128. The van der Waals surface area contributed by atoms with Gasteiger partial charge < -0.3 is 9.47 Å². The first-order valence-corrected chi connectivity index (χ1v) is 10.7. The Morgan fingerprint density at radius 3 is 2.45 bits per heavy atom. The van der Waals surface area contributed by atoms with Crippen LogP contribution in [0.5, 0.6) is 0 Å². The molecule has 2 heterocycles. The van der Waals surface area contributed by atoms with Gasteiger partial charge in [-0.25, -0.2) is 9.37 Å². The van der Waals surface area contributed by atoms with E-state index in [0.29, 0.717) is 19.5 Å². The highest BCUT2D eigenvalue weighted by molar-refractivity contribution is 5.81. The molecule has 0 N–H and O–H groups in total. The van der Waals surface area contributed by atoms with E-state index in [4.69, 9.17) is 4.98 Å². The van der Waals surface area contributed by atoms with E-state index in [1.54, 1.807) is 12.1 Å². The summed E-state index contributed by atoms with van der Waals surface area (Å²) in [5.74, 6) is 0.890. The summed E-state index contributed by atoms with van der Waals surface area (Å²) in [7, 11) is 0. The van der Waals surface area contributed by atoms with E-state index in [1.165, 1.54) is 17.7 Å². The van der Waals surface area contributed by atoms with Crippen LogP contribution in [0.15, 0.2) is 78.9 Å². The maximum absolute atomic E-state index is 13.2. The van der Waals surface area contributed by atoms with E-state index in [9.17, 15) is 9.18 Å². The molecule has 4 nitrogen and oxygen atoms in total. The highest BCUT2D eigenvalue weighted by Crippen LogP contribution is 2.31. The Bertz CT molecular complexity index is 1200. The standard InChI is InChI=1S/C26H24FN3O/c27-22-12-10-20(11-13-22)17-29-18-21(16-25(29)31)26-28-23-8-4-5-9-24(23)30(26)15-14-19-6-2-1-3-7-19/h1-13,21H,14-18H2. The molecule has 1 unspecified atom stereocenters. The van der Waals surface area contributed by atoms with Crippen molar-refractivity contribution in [2.75, 3.05) is 6.54 Å². The summed E-state index contributed by atoms with van der Waals surface area (Å²) in [6.45, 7) is 1.95. The van der Waals surface area contributed by atoms with Crippen LogP contribution < -0.4 is 0 Å². The van der Waals surface area contributed by atoms with Crippen LogP contribution in [0, 0.1) is 5.82 Å². The monoisotopic (exact) mass is 413 g/mol. The Kier molecular flexibility index (Phi) is 5.24. The minimum absolute atomic E-state index is 0.0520. The second-order valence-electron chi connectivity index (χ2n) is 8.15. The Morgan fingerprint density at radius 2 is 1.65 bits per heavy atom. The van der Waals surface area contributed by atoms with Crippen molar-refractivity contribution in [3.63, 3.8) is 0 Å². The van der Waals surface area contributed by atoms with Gasteiger partial charge in [0.25, 0.3) is 0 Å². The third-order valence-electron chi connectivity index (χ3n) is 6.02. The minimum Gasteiger partial charge on any atom is -0.338 e. The van der Waals surface area contributed by atoms with Crippen LogP contribution in [0.3, 0.4) is 0 Å². The molecule has 1 amide bonds. The largest absolute Gasteiger partial charge is 0.338 e. The zero-order valence-corrected chi connectivity index (χ0v) is 17.2. The van der Waals surface area contributed by atoms with Crippen molar-refractivity contribution in [3.8, 4) is 0 Å². The number of carbonyl (C=O) groups is 1. The van der Waals surface area contributed by atoms with Gasteiger partial charge in [-0.1, -0.05) is 54.6 Å². The van der Waals surface area contributed by atoms with Gasteiger partial charge in [0, 0.05) is 32.0 Å². The zero-order valence-electron chi connectivity index (χ0n) is 17.2. The van der Waals surface area contributed by atoms with Crippen LogP contribution >= 0.6 is 0 Å². The lowest BCUT2D eigenvalue weighted by Crippen LogP contribution is -2.24. The number of benzene rings is 3. The van der Waals surface area contributed by atoms with Crippen LogP contribution in [-0.4, -0.2) is 26.9 Å². The summed E-state index contributed by atoms with van der Waals surface area (Å²) in [6, 6.07) is 25.0. The molecule has 0 bridgehead atoms. The molecule has 5 heteroatoms. The van der Waals surface area contributed by atoms with Crippen molar-refractivity contribution >= 4 is 16.9 Å². The van der Waals surface area contributed by atoms with E-state index in [2.05, 4.69) is 34.9 Å². The Hall–Kier alpha value is -3.47. The van der Waals surface area contributed by atoms with E-state index in [1.807, 2.05) is 29.2 Å². The molecular formula is C26H24FN3O. The van der Waals surface area contributed by atoms with Crippen LogP contribution in [0.2, 0.25) is 0 Å². The maximum atomic E-state index is 13.2. The number of rotatable bonds is 6. The molecule has 1 aromatic heterocycles. The summed E-state index contributed by atoms with van der Waals surface area (Å²) in [6.07, 6.45) is 1.37. The first kappa shape index (κ1) is 19.5. The lowest BCUT2D eigenvalue weighted by atomic mass is 10.1. The molecule has 0 radical (unpaired) electrons. The van der Waals surface area contributed by atoms with Crippen LogP contribution in [0.25, 0.3) is 11.0 Å². The van der Waals surface area contributed by atoms with Crippen LogP contribution in [0.4, 0.5) is 4.39 Å². The second-order valence-corrected chi connectivity index (χ2v) is 8.15. The molecule has 1 aliphatic heterocycles.